The van der Waals surface area contributed by atoms with Crippen LogP contribution in [0.4, 0.5) is 0 Å². The molecule has 1 N–H and O–H groups in total. The smallest absolute Gasteiger partial charge is 0.251 e. The van der Waals surface area contributed by atoms with Crippen LogP contribution in [0.3, 0.4) is 0 Å². The van der Waals surface area contributed by atoms with E-state index in [1.807, 2.05) is 11.0 Å². The number of nitrogens with one attached hydrogen (secondary N) is 1. The van der Waals surface area contributed by atoms with E-state index >= 15 is 0 Å². The zero-order valence-corrected chi connectivity index (χ0v) is 12.2. The number of amides is 2. The quantitative estimate of drug-likeness (QED) is 0.912. The van der Waals surface area contributed by atoms with Crippen LogP contribution in [0.5, 0.6) is 5.75 Å². The van der Waals surface area contributed by atoms with Gasteiger partial charge in [-0.3, -0.25) is 9.59 Å². The third-order valence-electron chi connectivity index (χ3n) is 4.09. The summed E-state index contributed by atoms with van der Waals surface area (Å²) in [7, 11) is 1.58. The van der Waals surface area contributed by atoms with Crippen molar-refractivity contribution < 1.29 is 14.3 Å². The van der Waals surface area contributed by atoms with Crippen LogP contribution < -0.4 is 10.1 Å². The molecule has 1 aliphatic carbocycles. The first-order valence-corrected chi connectivity index (χ1v) is 7.41. The van der Waals surface area contributed by atoms with E-state index < -0.39 is 0 Å². The van der Waals surface area contributed by atoms with Gasteiger partial charge in [-0.25, -0.2) is 0 Å². The van der Waals surface area contributed by atoms with Crippen molar-refractivity contribution in [2.75, 3.05) is 20.2 Å². The molecule has 1 aromatic carbocycles. The van der Waals surface area contributed by atoms with E-state index in [0.29, 0.717) is 17.9 Å². The lowest BCUT2D eigenvalue weighted by atomic mass is 10.2. The summed E-state index contributed by atoms with van der Waals surface area (Å²) >= 11 is 0. The van der Waals surface area contributed by atoms with Gasteiger partial charge in [0.1, 0.15) is 5.75 Å². The Balaban J connectivity index is 1.56. The van der Waals surface area contributed by atoms with Gasteiger partial charge in [-0.2, -0.15) is 0 Å². The van der Waals surface area contributed by atoms with Crippen LogP contribution in [0.1, 0.15) is 29.6 Å². The van der Waals surface area contributed by atoms with Gasteiger partial charge in [-0.05, 0) is 37.5 Å². The number of carbonyl (C=O) groups excluding carboxylic acids is 2. The highest BCUT2D eigenvalue weighted by atomic mass is 16.5. The van der Waals surface area contributed by atoms with Gasteiger partial charge in [0.2, 0.25) is 5.91 Å². The Kier molecular flexibility index (Phi) is 3.82. The number of ether oxygens (including phenoxy) is 1. The molecule has 0 aromatic heterocycles. The number of benzene rings is 1. The second-order valence-electron chi connectivity index (χ2n) is 5.75. The van der Waals surface area contributed by atoms with E-state index in [1.54, 1.807) is 25.3 Å². The highest BCUT2D eigenvalue weighted by molar-refractivity contribution is 5.94. The lowest BCUT2D eigenvalue weighted by molar-refractivity contribution is -0.131. The van der Waals surface area contributed by atoms with Crippen molar-refractivity contribution in [1.82, 2.24) is 10.2 Å². The molecule has 1 heterocycles. The van der Waals surface area contributed by atoms with E-state index in [9.17, 15) is 9.59 Å². The topological polar surface area (TPSA) is 58.6 Å². The van der Waals surface area contributed by atoms with Crippen molar-refractivity contribution in [2.45, 2.75) is 25.3 Å². The van der Waals surface area contributed by atoms with Gasteiger partial charge in [-0.15, -0.1) is 0 Å². The Morgan fingerprint density at radius 1 is 1.29 bits per heavy atom. The Morgan fingerprint density at radius 2 is 2.10 bits per heavy atom. The van der Waals surface area contributed by atoms with Crippen molar-refractivity contribution >= 4 is 11.8 Å². The highest BCUT2D eigenvalue weighted by Gasteiger charge is 2.36. The Hall–Kier alpha value is -2.04. The molecule has 2 amide bonds. The average Bonchev–Trinajstić information content (AvgIpc) is 3.26. The third kappa shape index (κ3) is 3.17. The summed E-state index contributed by atoms with van der Waals surface area (Å²) in [6, 6.07) is 7.14. The molecule has 1 saturated heterocycles. The summed E-state index contributed by atoms with van der Waals surface area (Å²) in [5.74, 6) is 1.06. The predicted octanol–water partition coefficient (Wildman–Crippen LogP) is 1.44. The molecule has 0 spiro atoms. The minimum atomic E-state index is -0.111. The minimum Gasteiger partial charge on any atom is -0.497 e. The van der Waals surface area contributed by atoms with E-state index in [1.165, 1.54) is 0 Å². The molecule has 1 aliphatic heterocycles. The molecule has 21 heavy (non-hydrogen) atoms. The Morgan fingerprint density at radius 3 is 2.81 bits per heavy atom. The van der Waals surface area contributed by atoms with Gasteiger partial charge in [0.15, 0.2) is 0 Å². The van der Waals surface area contributed by atoms with Crippen molar-refractivity contribution in [1.29, 1.82) is 0 Å². The standard InChI is InChI=1S/C16H20N2O3/c1-21-14-4-2-3-12(9-14)15(19)17-13-7-8-18(10-13)16(20)11-5-6-11/h2-4,9,11,13H,5-8,10H2,1H3,(H,17,19). The SMILES string of the molecule is COc1cccc(C(=O)NC2CCN(C(=O)C3CC3)C2)c1. The zero-order chi connectivity index (χ0) is 14.8. The molecule has 1 unspecified atom stereocenters. The number of hydrogen-bond acceptors (Lipinski definition) is 3. The normalized spacial score (nSPS) is 21.2. The van der Waals surface area contributed by atoms with E-state index in [0.717, 1.165) is 25.8 Å². The van der Waals surface area contributed by atoms with Gasteiger partial charge in [0.25, 0.3) is 5.91 Å². The molecule has 1 aromatic rings. The van der Waals surface area contributed by atoms with E-state index in [-0.39, 0.29) is 23.8 Å². The number of methoxy groups -OCH3 is 1. The van der Waals surface area contributed by atoms with Crippen LogP contribution in [0.2, 0.25) is 0 Å². The summed E-state index contributed by atoms with van der Waals surface area (Å²) < 4.78 is 5.12. The molecule has 1 atom stereocenters. The molecule has 5 nitrogen and oxygen atoms in total. The lowest BCUT2D eigenvalue weighted by Gasteiger charge is -2.17. The van der Waals surface area contributed by atoms with Crippen molar-refractivity contribution in [3.8, 4) is 5.75 Å². The van der Waals surface area contributed by atoms with Crippen LogP contribution in [-0.4, -0.2) is 43.0 Å². The second-order valence-corrected chi connectivity index (χ2v) is 5.75. The van der Waals surface area contributed by atoms with E-state index in [4.69, 9.17) is 4.74 Å². The number of likely N-dealkylation sites (tertiary alicyclic amines) is 1. The molecule has 0 radical (unpaired) electrons. The maximum atomic E-state index is 12.2. The fourth-order valence-corrected chi connectivity index (χ4v) is 2.70. The molecule has 112 valence electrons. The summed E-state index contributed by atoms with van der Waals surface area (Å²) in [5, 5.41) is 3.00. The minimum absolute atomic E-state index is 0.0476. The first kappa shape index (κ1) is 13.9. The molecular weight excluding hydrogens is 268 g/mol. The van der Waals surface area contributed by atoms with Crippen molar-refractivity contribution in [3.63, 3.8) is 0 Å². The monoisotopic (exact) mass is 288 g/mol. The Labute approximate surface area is 124 Å². The van der Waals surface area contributed by atoms with E-state index in [2.05, 4.69) is 5.32 Å². The summed E-state index contributed by atoms with van der Waals surface area (Å²) in [6.07, 6.45) is 2.88. The predicted molar refractivity (Wildman–Crippen MR) is 78.2 cm³/mol. The molecular formula is C16H20N2O3. The van der Waals surface area contributed by atoms with Gasteiger partial charge in [0, 0.05) is 30.6 Å². The Bertz CT molecular complexity index is 554. The lowest BCUT2D eigenvalue weighted by Crippen LogP contribution is -2.38. The molecule has 3 rings (SSSR count). The molecule has 5 heteroatoms. The van der Waals surface area contributed by atoms with Crippen LogP contribution in [0.25, 0.3) is 0 Å². The largest absolute Gasteiger partial charge is 0.497 e. The van der Waals surface area contributed by atoms with Crippen LogP contribution in [0, 0.1) is 5.92 Å². The average molecular weight is 288 g/mol. The van der Waals surface area contributed by atoms with Crippen molar-refractivity contribution in [3.05, 3.63) is 29.8 Å². The highest BCUT2D eigenvalue weighted by Crippen LogP contribution is 2.32. The number of rotatable bonds is 4. The molecule has 2 aliphatic rings. The summed E-state index contributed by atoms with van der Waals surface area (Å²) in [4.78, 5) is 26.1. The fraction of sp³-hybridized carbons (Fsp3) is 0.500. The first-order valence-electron chi connectivity index (χ1n) is 7.41. The second kappa shape index (κ2) is 5.76. The number of hydrogen-bond donors (Lipinski definition) is 1. The van der Waals surface area contributed by atoms with Gasteiger partial charge in [0.05, 0.1) is 7.11 Å². The summed E-state index contributed by atoms with van der Waals surface area (Å²) in [6.45, 7) is 1.38. The molecule has 0 bridgehead atoms. The number of carbonyl (C=O) groups is 2. The first-order chi connectivity index (χ1) is 10.2. The zero-order valence-electron chi connectivity index (χ0n) is 12.2. The van der Waals surface area contributed by atoms with Gasteiger partial charge in [-0.1, -0.05) is 6.07 Å². The fourth-order valence-electron chi connectivity index (χ4n) is 2.70. The molecule has 1 saturated carbocycles. The third-order valence-corrected chi connectivity index (χ3v) is 4.09. The maximum absolute atomic E-state index is 12.2. The van der Waals surface area contributed by atoms with Crippen LogP contribution in [-0.2, 0) is 4.79 Å². The molecule has 2 fully saturated rings. The summed E-state index contributed by atoms with van der Waals surface area (Å²) in [5.41, 5.74) is 0.585. The van der Waals surface area contributed by atoms with Crippen LogP contribution in [0.15, 0.2) is 24.3 Å². The van der Waals surface area contributed by atoms with Gasteiger partial charge >= 0.3 is 0 Å². The van der Waals surface area contributed by atoms with Crippen LogP contribution >= 0.6 is 0 Å². The number of nitrogens with zero attached hydrogens (tertiary/aromatic N) is 1. The van der Waals surface area contributed by atoms with Crippen molar-refractivity contribution in [2.24, 2.45) is 5.92 Å². The van der Waals surface area contributed by atoms with Gasteiger partial charge < -0.3 is 15.0 Å². The maximum Gasteiger partial charge on any atom is 0.251 e.